The molecule has 0 aromatic carbocycles. The van der Waals surface area contributed by atoms with Gasteiger partial charge < -0.3 is 14.2 Å². The van der Waals surface area contributed by atoms with Gasteiger partial charge >= 0.3 is 17.9 Å². The number of ether oxygens (including phenoxy) is 3. The maximum atomic E-state index is 12.8. The van der Waals surface area contributed by atoms with Crippen LogP contribution < -0.4 is 0 Å². The summed E-state index contributed by atoms with van der Waals surface area (Å²) in [6.45, 7) is 6.61. The second kappa shape index (κ2) is 50.5. The number of allylic oxidation sites excluding steroid dienone is 4. The van der Waals surface area contributed by atoms with E-state index in [2.05, 4.69) is 45.1 Å². The maximum Gasteiger partial charge on any atom is 0.306 e. The molecule has 0 saturated carbocycles. The molecular formula is C55H102O6. The Labute approximate surface area is 379 Å². The first-order chi connectivity index (χ1) is 30.0. The third kappa shape index (κ3) is 48.8. The third-order valence-corrected chi connectivity index (χ3v) is 11.9. The van der Waals surface area contributed by atoms with Crippen LogP contribution in [0.1, 0.15) is 290 Å². The van der Waals surface area contributed by atoms with E-state index in [4.69, 9.17) is 14.2 Å². The highest BCUT2D eigenvalue weighted by molar-refractivity contribution is 5.71. The summed E-state index contributed by atoms with van der Waals surface area (Å²) < 4.78 is 16.8. The molecule has 358 valence electrons. The summed E-state index contributed by atoms with van der Waals surface area (Å²) in [5, 5.41) is 0. The monoisotopic (exact) mass is 859 g/mol. The average molecular weight is 859 g/mol. The maximum absolute atomic E-state index is 12.8. The summed E-state index contributed by atoms with van der Waals surface area (Å²) in [6.07, 6.45) is 57.3. The molecule has 0 N–H and O–H groups in total. The molecule has 0 aliphatic carbocycles. The fourth-order valence-electron chi connectivity index (χ4n) is 7.83. The van der Waals surface area contributed by atoms with Crippen molar-refractivity contribution in [3.63, 3.8) is 0 Å². The Kier molecular flexibility index (Phi) is 48.8. The van der Waals surface area contributed by atoms with E-state index in [1.54, 1.807) is 0 Å². The van der Waals surface area contributed by atoms with Crippen molar-refractivity contribution < 1.29 is 28.6 Å². The number of rotatable bonds is 49. The van der Waals surface area contributed by atoms with Gasteiger partial charge in [0.05, 0.1) is 0 Å². The second-order valence-electron chi connectivity index (χ2n) is 18.1. The van der Waals surface area contributed by atoms with E-state index in [1.807, 2.05) is 0 Å². The van der Waals surface area contributed by atoms with E-state index in [1.165, 1.54) is 186 Å². The minimum Gasteiger partial charge on any atom is -0.462 e. The Hall–Kier alpha value is -2.11. The van der Waals surface area contributed by atoms with Gasteiger partial charge in [-0.2, -0.15) is 0 Å². The van der Waals surface area contributed by atoms with Crippen LogP contribution in [-0.2, 0) is 28.6 Å². The smallest absolute Gasteiger partial charge is 0.306 e. The summed E-state index contributed by atoms with van der Waals surface area (Å²) in [5.74, 6) is -0.871. The number of esters is 3. The molecule has 0 aromatic rings. The Bertz CT molecular complexity index is 989. The van der Waals surface area contributed by atoms with E-state index in [0.29, 0.717) is 19.3 Å². The summed E-state index contributed by atoms with van der Waals surface area (Å²) >= 11 is 0. The lowest BCUT2D eigenvalue weighted by molar-refractivity contribution is -0.167. The van der Waals surface area contributed by atoms with Crippen molar-refractivity contribution in [3.05, 3.63) is 24.3 Å². The SMILES string of the molecule is CCCC/C=C\CCCCCCCC(=O)OC[C@@H](COC(=O)CCCCCCCCC/C=C\CCCCCC)OC(=O)CCCCCCCCCCCCCCCCCCC. The van der Waals surface area contributed by atoms with Gasteiger partial charge in [0, 0.05) is 19.3 Å². The van der Waals surface area contributed by atoms with Crippen LogP contribution in [0.25, 0.3) is 0 Å². The van der Waals surface area contributed by atoms with Gasteiger partial charge in [0.1, 0.15) is 13.2 Å². The lowest BCUT2D eigenvalue weighted by atomic mass is 10.0. The molecule has 0 heterocycles. The van der Waals surface area contributed by atoms with Gasteiger partial charge in [0.15, 0.2) is 6.10 Å². The summed E-state index contributed by atoms with van der Waals surface area (Å²) in [4.78, 5) is 38.0. The first-order valence-corrected chi connectivity index (χ1v) is 26.8. The van der Waals surface area contributed by atoms with E-state index in [0.717, 1.165) is 64.2 Å². The first kappa shape index (κ1) is 58.9. The van der Waals surface area contributed by atoms with Gasteiger partial charge in [-0.3, -0.25) is 14.4 Å². The molecule has 0 fully saturated rings. The van der Waals surface area contributed by atoms with Crippen molar-refractivity contribution in [3.8, 4) is 0 Å². The standard InChI is InChI=1S/C55H102O6/c1-4-7-10-13-16-19-22-24-26-27-29-31-34-37-40-43-46-49-55(58)61-52(50-59-53(56)47-44-41-38-35-32-21-18-15-12-9-6-3)51-60-54(57)48-45-42-39-36-33-30-28-25-23-20-17-14-11-8-5-2/h15,18,20,23,52H,4-14,16-17,19,21-22,24-51H2,1-3H3/b18-15-,23-20-/t52-/m0/s1. The highest BCUT2D eigenvalue weighted by Gasteiger charge is 2.19. The Balaban J connectivity index is 4.32. The minimum atomic E-state index is -0.771. The van der Waals surface area contributed by atoms with Crippen molar-refractivity contribution >= 4 is 17.9 Å². The van der Waals surface area contributed by atoms with Gasteiger partial charge in [0.25, 0.3) is 0 Å². The first-order valence-electron chi connectivity index (χ1n) is 26.8. The van der Waals surface area contributed by atoms with Gasteiger partial charge in [0.2, 0.25) is 0 Å². The van der Waals surface area contributed by atoms with Crippen LogP contribution in [0.3, 0.4) is 0 Å². The fourth-order valence-corrected chi connectivity index (χ4v) is 7.83. The molecule has 6 nitrogen and oxygen atoms in total. The zero-order valence-corrected chi connectivity index (χ0v) is 40.9. The molecule has 0 radical (unpaired) electrons. The number of hydrogen-bond donors (Lipinski definition) is 0. The molecule has 0 saturated heterocycles. The normalized spacial score (nSPS) is 12.1. The Morgan fingerprint density at radius 2 is 0.557 bits per heavy atom. The summed E-state index contributed by atoms with van der Waals surface area (Å²) in [7, 11) is 0. The minimum absolute atomic E-state index is 0.0724. The molecule has 1 atom stereocenters. The van der Waals surface area contributed by atoms with Crippen LogP contribution >= 0.6 is 0 Å². The number of hydrogen-bond acceptors (Lipinski definition) is 6. The van der Waals surface area contributed by atoms with Gasteiger partial charge in [-0.25, -0.2) is 0 Å². The van der Waals surface area contributed by atoms with Gasteiger partial charge in [-0.05, 0) is 64.2 Å². The van der Waals surface area contributed by atoms with Crippen molar-refractivity contribution in [1.82, 2.24) is 0 Å². The predicted molar refractivity (Wildman–Crippen MR) is 261 cm³/mol. The number of carbonyl (C=O) groups is 3. The highest BCUT2D eigenvalue weighted by atomic mass is 16.6. The van der Waals surface area contributed by atoms with E-state index in [9.17, 15) is 14.4 Å². The van der Waals surface area contributed by atoms with Crippen LogP contribution in [0.4, 0.5) is 0 Å². The molecule has 0 rings (SSSR count). The van der Waals surface area contributed by atoms with Crippen molar-refractivity contribution in [1.29, 1.82) is 0 Å². The second-order valence-corrected chi connectivity index (χ2v) is 18.1. The molecular weight excluding hydrogens is 757 g/mol. The molecule has 0 amide bonds. The largest absolute Gasteiger partial charge is 0.462 e. The number of carbonyl (C=O) groups excluding carboxylic acids is 3. The van der Waals surface area contributed by atoms with Crippen molar-refractivity contribution in [2.45, 2.75) is 297 Å². The summed E-state index contributed by atoms with van der Waals surface area (Å²) in [5.41, 5.74) is 0. The zero-order chi connectivity index (χ0) is 44.4. The Morgan fingerprint density at radius 1 is 0.311 bits per heavy atom. The van der Waals surface area contributed by atoms with Crippen LogP contribution in [0.15, 0.2) is 24.3 Å². The lowest BCUT2D eigenvalue weighted by Gasteiger charge is -2.18. The molecule has 0 aliphatic heterocycles. The molecule has 0 unspecified atom stereocenters. The van der Waals surface area contributed by atoms with Crippen LogP contribution in [-0.4, -0.2) is 37.2 Å². The average Bonchev–Trinajstić information content (AvgIpc) is 3.26. The van der Waals surface area contributed by atoms with Gasteiger partial charge in [-0.1, -0.05) is 231 Å². The zero-order valence-electron chi connectivity index (χ0n) is 40.9. The topological polar surface area (TPSA) is 78.9 Å². The van der Waals surface area contributed by atoms with E-state index >= 15 is 0 Å². The molecule has 0 bridgehead atoms. The van der Waals surface area contributed by atoms with E-state index in [-0.39, 0.29) is 31.1 Å². The predicted octanol–water partition coefficient (Wildman–Crippen LogP) is 17.5. The Morgan fingerprint density at radius 3 is 0.885 bits per heavy atom. The molecule has 61 heavy (non-hydrogen) atoms. The van der Waals surface area contributed by atoms with Crippen molar-refractivity contribution in [2.24, 2.45) is 0 Å². The van der Waals surface area contributed by atoms with Gasteiger partial charge in [-0.15, -0.1) is 0 Å². The third-order valence-electron chi connectivity index (χ3n) is 11.9. The molecule has 0 aliphatic rings. The fraction of sp³-hybridized carbons (Fsp3) is 0.873. The quantitative estimate of drug-likeness (QED) is 0.0262. The molecule has 0 spiro atoms. The van der Waals surface area contributed by atoms with Crippen LogP contribution in [0.2, 0.25) is 0 Å². The van der Waals surface area contributed by atoms with Crippen LogP contribution in [0, 0.1) is 0 Å². The molecule has 6 heteroatoms. The van der Waals surface area contributed by atoms with Crippen molar-refractivity contribution in [2.75, 3.05) is 13.2 Å². The summed E-state index contributed by atoms with van der Waals surface area (Å²) in [6, 6.07) is 0. The number of unbranched alkanes of at least 4 members (excludes halogenated alkanes) is 34. The lowest BCUT2D eigenvalue weighted by Crippen LogP contribution is -2.30. The van der Waals surface area contributed by atoms with Crippen LogP contribution in [0.5, 0.6) is 0 Å². The highest BCUT2D eigenvalue weighted by Crippen LogP contribution is 2.16. The van der Waals surface area contributed by atoms with E-state index < -0.39 is 6.10 Å². The molecule has 0 aromatic heterocycles.